The van der Waals surface area contributed by atoms with Crippen LogP contribution in [0.3, 0.4) is 0 Å². The van der Waals surface area contributed by atoms with Gasteiger partial charge in [0.15, 0.2) is 0 Å². The zero-order chi connectivity index (χ0) is 14.6. The molecule has 0 fully saturated rings. The molecule has 0 unspecified atom stereocenters. The topological polar surface area (TPSA) is 55.6 Å². The van der Waals surface area contributed by atoms with Crippen LogP contribution >= 0.6 is 0 Å². The van der Waals surface area contributed by atoms with Gasteiger partial charge in [0.1, 0.15) is 5.75 Å². The Kier molecular flexibility index (Phi) is 2.63. The smallest absolute Gasteiger partial charge is 0.280 e. The van der Waals surface area contributed by atoms with Crippen molar-refractivity contribution in [3.63, 3.8) is 0 Å². The largest absolute Gasteiger partial charge is 0.497 e. The number of hydrogen-bond acceptors (Lipinski definition) is 4. The van der Waals surface area contributed by atoms with Crippen molar-refractivity contribution in [1.82, 2.24) is 4.90 Å². The molecule has 0 atom stereocenters. The van der Waals surface area contributed by atoms with Crippen molar-refractivity contribution in [2.24, 2.45) is 0 Å². The lowest BCUT2D eigenvalue weighted by Crippen LogP contribution is -2.00. The highest BCUT2D eigenvalue weighted by Crippen LogP contribution is 2.25. The minimum atomic E-state index is -2.63. The van der Waals surface area contributed by atoms with Crippen LogP contribution in [0.25, 0.3) is 6.08 Å². The van der Waals surface area contributed by atoms with E-state index in [9.17, 15) is 10.1 Å². The summed E-state index contributed by atoms with van der Waals surface area (Å²) in [6.07, 6.45) is 3.23. The van der Waals surface area contributed by atoms with Crippen LogP contribution < -0.4 is 4.74 Å². The molecule has 0 aliphatic heterocycles. The van der Waals surface area contributed by atoms with Gasteiger partial charge in [-0.2, -0.15) is 0 Å². The first-order valence-electron chi connectivity index (χ1n) is 6.01. The number of nitro benzene ring substituents is 1. The molecular weight excluding hydrogens is 208 g/mol. The summed E-state index contributed by atoms with van der Waals surface area (Å²) < 4.78 is 25.5. The average molecular weight is 225 g/mol. The zero-order valence-corrected chi connectivity index (χ0v) is 9.01. The Morgan fingerprint density at radius 2 is 2.31 bits per heavy atom. The van der Waals surface area contributed by atoms with Gasteiger partial charge in [0.25, 0.3) is 5.69 Å². The molecule has 16 heavy (non-hydrogen) atoms. The SMILES string of the molecule is [2H]C([2H])([2H])Oc1ccc(C=CN(C)C)c([N+](=O)[O-])c1. The van der Waals surface area contributed by atoms with Crippen molar-refractivity contribution in [1.29, 1.82) is 0 Å². The fourth-order valence-electron chi connectivity index (χ4n) is 1.12. The Labute approximate surface area is 98.3 Å². The molecule has 1 aromatic carbocycles. The van der Waals surface area contributed by atoms with Gasteiger partial charge in [-0.1, -0.05) is 0 Å². The van der Waals surface area contributed by atoms with Gasteiger partial charge < -0.3 is 9.64 Å². The van der Waals surface area contributed by atoms with Gasteiger partial charge in [-0.3, -0.25) is 10.1 Å². The van der Waals surface area contributed by atoms with Crippen molar-refractivity contribution < 1.29 is 13.8 Å². The first kappa shape index (κ1) is 8.15. The minimum absolute atomic E-state index is 0.0614. The summed E-state index contributed by atoms with van der Waals surface area (Å²) in [5, 5.41) is 10.9. The molecule has 0 saturated carbocycles. The Morgan fingerprint density at radius 3 is 2.88 bits per heavy atom. The fraction of sp³-hybridized carbons (Fsp3) is 0.273. The van der Waals surface area contributed by atoms with Gasteiger partial charge in [-0.05, 0) is 24.4 Å². The van der Waals surface area contributed by atoms with E-state index in [0.29, 0.717) is 5.56 Å². The first-order chi connectivity index (χ1) is 8.69. The fourth-order valence-corrected chi connectivity index (χ4v) is 1.12. The van der Waals surface area contributed by atoms with Crippen LogP contribution in [0.5, 0.6) is 5.75 Å². The number of nitrogens with zero attached hydrogens (tertiary/aromatic N) is 2. The van der Waals surface area contributed by atoms with E-state index in [2.05, 4.69) is 4.74 Å². The van der Waals surface area contributed by atoms with Gasteiger partial charge in [0, 0.05) is 14.1 Å². The predicted octanol–water partition coefficient (Wildman–Crippen LogP) is 2.14. The van der Waals surface area contributed by atoms with Crippen molar-refractivity contribution in [2.75, 3.05) is 21.1 Å². The summed E-state index contributed by atoms with van der Waals surface area (Å²) in [4.78, 5) is 12.1. The van der Waals surface area contributed by atoms with Crippen molar-refractivity contribution in [3.05, 3.63) is 40.1 Å². The Morgan fingerprint density at radius 1 is 1.56 bits per heavy atom. The van der Waals surface area contributed by atoms with Gasteiger partial charge in [-0.15, -0.1) is 0 Å². The van der Waals surface area contributed by atoms with Gasteiger partial charge in [-0.25, -0.2) is 0 Å². The normalized spacial score (nSPS) is 14.0. The van der Waals surface area contributed by atoms with Gasteiger partial charge >= 0.3 is 0 Å². The van der Waals surface area contributed by atoms with E-state index in [1.807, 2.05) is 0 Å². The maximum Gasteiger partial charge on any atom is 0.280 e. The molecule has 1 rings (SSSR count). The van der Waals surface area contributed by atoms with Crippen molar-refractivity contribution in [2.45, 2.75) is 0 Å². The molecule has 5 heteroatoms. The number of methoxy groups -OCH3 is 1. The minimum Gasteiger partial charge on any atom is -0.497 e. The highest BCUT2D eigenvalue weighted by Gasteiger charge is 2.12. The molecule has 0 heterocycles. The van der Waals surface area contributed by atoms with E-state index in [4.69, 9.17) is 4.11 Å². The van der Waals surface area contributed by atoms with Crippen LogP contribution in [0.2, 0.25) is 0 Å². The second kappa shape index (κ2) is 5.16. The molecule has 0 amide bonds. The quantitative estimate of drug-likeness (QED) is 0.582. The number of nitro groups is 1. The highest BCUT2D eigenvalue weighted by molar-refractivity contribution is 5.62. The molecule has 0 spiro atoms. The van der Waals surface area contributed by atoms with Gasteiger partial charge in [0.2, 0.25) is 0 Å². The third-order valence-electron chi connectivity index (χ3n) is 1.87. The third-order valence-corrected chi connectivity index (χ3v) is 1.87. The lowest BCUT2D eigenvalue weighted by Gasteiger charge is -2.05. The highest BCUT2D eigenvalue weighted by atomic mass is 16.6. The second-order valence-corrected chi connectivity index (χ2v) is 3.36. The van der Waals surface area contributed by atoms with Gasteiger partial charge in [0.05, 0.1) is 27.7 Å². The van der Waals surface area contributed by atoms with E-state index in [1.165, 1.54) is 12.1 Å². The van der Waals surface area contributed by atoms with Crippen LogP contribution in [0.15, 0.2) is 24.4 Å². The number of rotatable bonds is 4. The molecule has 0 bridgehead atoms. The molecule has 0 N–H and O–H groups in total. The Balaban J connectivity index is 3.12. The van der Waals surface area contributed by atoms with Crippen LogP contribution in [0, 0.1) is 10.1 Å². The second-order valence-electron chi connectivity index (χ2n) is 3.36. The summed E-state index contributed by atoms with van der Waals surface area (Å²) in [5.41, 5.74) is 0.163. The number of hydrogen-bond donors (Lipinski definition) is 0. The first-order valence-corrected chi connectivity index (χ1v) is 4.51. The van der Waals surface area contributed by atoms with Crippen LogP contribution in [0.1, 0.15) is 9.68 Å². The maximum atomic E-state index is 10.9. The molecule has 0 aromatic heterocycles. The molecule has 86 valence electrons. The molecule has 5 nitrogen and oxygen atoms in total. The number of ether oxygens (including phenoxy) is 1. The molecule has 0 saturated heterocycles. The monoisotopic (exact) mass is 225 g/mol. The summed E-state index contributed by atoms with van der Waals surface area (Å²) >= 11 is 0. The lowest BCUT2D eigenvalue weighted by molar-refractivity contribution is -0.385. The van der Waals surface area contributed by atoms with Crippen molar-refractivity contribution in [3.8, 4) is 5.75 Å². The van der Waals surface area contributed by atoms with Crippen molar-refractivity contribution >= 4 is 11.8 Å². The van der Waals surface area contributed by atoms with Crippen LogP contribution in [0.4, 0.5) is 5.69 Å². The summed E-state index contributed by atoms with van der Waals surface area (Å²) in [5.74, 6) is -0.0614. The van der Waals surface area contributed by atoms with E-state index in [0.717, 1.165) is 6.07 Å². The molecule has 0 radical (unpaired) electrons. The Bertz CT molecular complexity index is 498. The standard InChI is InChI=1S/C11H14N2O3/c1-12(2)7-6-9-4-5-10(16-3)8-11(9)13(14)15/h4-8H,1-3H3/i3D3. The third kappa shape index (κ3) is 2.98. The molecule has 0 aliphatic carbocycles. The molecular formula is C11H14N2O3. The van der Waals surface area contributed by atoms with E-state index < -0.39 is 12.0 Å². The van der Waals surface area contributed by atoms with E-state index in [1.54, 1.807) is 31.3 Å². The molecule has 0 aliphatic rings. The van der Waals surface area contributed by atoms with Crippen LogP contribution in [-0.4, -0.2) is 31.0 Å². The zero-order valence-electron chi connectivity index (χ0n) is 12.0. The summed E-state index contributed by atoms with van der Waals surface area (Å²) in [7, 11) is 0.942. The Hall–Kier alpha value is -2.04. The van der Waals surface area contributed by atoms with E-state index >= 15 is 0 Å². The van der Waals surface area contributed by atoms with Crippen LogP contribution in [-0.2, 0) is 0 Å². The maximum absolute atomic E-state index is 10.9. The number of benzene rings is 1. The summed E-state index contributed by atoms with van der Waals surface area (Å²) in [6, 6.07) is 3.93. The summed E-state index contributed by atoms with van der Waals surface area (Å²) in [6.45, 7) is 0. The predicted molar refractivity (Wildman–Crippen MR) is 62.4 cm³/mol. The molecule has 1 aromatic rings. The average Bonchev–Trinajstić information content (AvgIpc) is 2.24. The van der Waals surface area contributed by atoms with E-state index in [-0.39, 0.29) is 11.4 Å². The lowest BCUT2D eigenvalue weighted by atomic mass is 10.1.